The average molecular weight is 1090 g/mol. The molecule has 10 N–H and O–H groups in total. The van der Waals surface area contributed by atoms with Crippen molar-refractivity contribution in [2.75, 3.05) is 26.7 Å². The van der Waals surface area contributed by atoms with E-state index in [9.17, 15) is 64.6 Å². The van der Waals surface area contributed by atoms with E-state index in [0.29, 0.717) is 11.1 Å². The van der Waals surface area contributed by atoms with Crippen LogP contribution in [0.4, 0.5) is 30.6 Å². The van der Waals surface area contributed by atoms with Crippen LogP contribution in [-0.2, 0) is 55.9 Å². The summed E-state index contributed by atoms with van der Waals surface area (Å²) >= 11 is 0. The molecule has 2 aromatic rings. The number of non-ortho nitro benzene ring substituents is 2. The summed E-state index contributed by atoms with van der Waals surface area (Å²) in [6.07, 6.45) is -15.8. The summed E-state index contributed by atoms with van der Waals surface area (Å²) in [7, 11) is 1.26. The van der Waals surface area contributed by atoms with Crippen LogP contribution >= 0.6 is 0 Å². The van der Waals surface area contributed by atoms with Crippen LogP contribution in [0.5, 0.6) is 0 Å². The molecule has 1 saturated heterocycles. The molecule has 5 rings (SSSR count). The van der Waals surface area contributed by atoms with E-state index in [4.69, 9.17) is 43.6 Å². The first-order valence-electron chi connectivity index (χ1n) is 24.3. The molecule has 29 nitrogen and oxygen atoms in total. The summed E-state index contributed by atoms with van der Waals surface area (Å²) in [5.74, 6) is -0.978. The third-order valence-electron chi connectivity index (χ3n) is 11.9. The summed E-state index contributed by atoms with van der Waals surface area (Å²) in [4.78, 5) is 88.7. The first-order valence-corrected chi connectivity index (χ1v) is 24.3. The number of hydrogen-bond donors (Lipinski definition) is 9. The fourth-order valence-electron chi connectivity index (χ4n) is 8.32. The molecule has 2 aliphatic heterocycles. The number of carbonyl (C=O) groups excluding carboxylic acids is 5. The number of benzene rings is 2. The minimum absolute atomic E-state index is 0.00948. The van der Waals surface area contributed by atoms with E-state index in [2.05, 4.69) is 21.3 Å². The number of ether oxygens (including phenoxy) is 8. The number of nitro benzene ring substituents is 2. The summed E-state index contributed by atoms with van der Waals surface area (Å²) < 4.78 is 46.2. The van der Waals surface area contributed by atoms with Gasteiger partial charge in [-0.1, -0.05) is 0 Å². The third kappa shape index (κ3) is 17.5. The zero-order valence-corrected chi connectivity index (χ0v) is 43.6. The van der Waals surface area contributed by atoms with Crippen LogP contribution in [0, 0.1) is 20.2 Å². The molecule has 0 radical (unpaired) electrons. The van der Waals surface area contributed by atoms with E-state index in [0.717, 1.165) is 4.90 Å². The number of alkyl carbamates (subject to hydrolysis) is 3. The van der Waals surface area contributed by atoms with Crippen molar-refractivity contribution in [2.24, 2.45) is 5.73 Å². The fourth-order valence-corrected chi connectivity index (χ4v) is 8.32. The molecule has 0 unspecified atom stereocenters. The van der Waals surface area contributed by atoms with E-state index in [1.54, 1.807) is 47.6 Å². The van der Waals surface area contributed by atoms with E-state index in [-0.39, 0.29) is 36.7 Å². The van der Waals surface area contributed by atoms with E-state index < -0.39 is 150 Å². The molecule has 0 spiro atoms. The minimum atomic E-state index is -2.04. The van der Waals surface area contributed by atoms with E-state index >= 15 is 0 Å². The Labute approximate surface area is 441 Å². The van der Waals surface area contributed by atoms with Gasteiger partial charge in [-0.25, -0.2) is 19.2 Å². The highest BCUT2D eigenvalue weighted by atomic mass is 16.7. The van der Waals surface area contributed by atoms with Gasteiger partial charge in [-0.15, -0.1) is 0 Å². The molecule has 3 aliphatic rings. The highest BCUT2D eigenvalue weighted by Gasteiger charge is 2.55. The Hall–Kier alpha value is -6.99. The number of rotatable bonds is 18. The molecule has 0 bridgehead atoms. The van der Waals surface area contributed by atoms with Gasteiger partial charge < -0.3 is 90.2 Å². The first-order chi connectivity index (χ1) is 35.9. The molecule has 1 aliphatic carbocycles. The topological polar surface area (TPSA) is 404 Å². The summed E-state index contributed by atoms with van der Waals surface area (Å²) in [6, 6.07) is 4.76. The number of nitrogens with one attached hydrogen (secondary N) is 4. The SMILES string of the molecule is CN(C(=O)OC(C)(C)C)[C@@H]1[C@@H](O)[C@@H](O[C@@H]2[C@@H](O)[C@H](O[C@H]3OC(CN)=CC[C@H]3NC(=O)OCc3ccc([N+](=O)[O-])cc3)[C@@H](NC(=O)OCc3ccc([N+](=O)[O-])cc3)C[C@H]2NC(=O)[C@@H](O)CNC(=O)OC(C)(C)C)OC[C@]1(C)O. The Morgan fingerprint density at radius 1 is 0.779 bits per heavy atom. The lowest BCUT2D eigenvalue weighted by Crippen LogP contribution is -2.71. The van der Waals surface area contributed by atoms with Crippen molar-refractivity contribution >= 4 is 41.7 Å². The minimum Gasteiger partial charge on any atom is -0.466 e. The Balaban J connectivity index is 1.49. The first kappa shape index (κ1) is 60.9. The fraction of sp³-hybridized carbons (Fsp3) is 0.604. The lowest BCUT2D eigenvalue weighted by Gasteiger charge is -2.50. The molecule has 2 fully saturated rings. The molecule has 0 aromatic heterocycles. The van der Waals surface area contributed by atoms with Crippen molar-refractivity contribution in [2.45, 2.75) is 159 Å². The van der Waals surface area contributed by atoms with Crippen molar-refractivity contribution in [1.82, 2.24) is 26.2 Å². The zero-order valence-electron chi connectivity index (χ0n) is 43.6. The zero-order chi connectivity index (χ0) is 57.2. The summed E-state index contributed by atoms with van der Waals surface area (Å²) in [5.41, 5.74) is 2.39. The molecule has 426 valence electrons. The van der Waals surface area contributed by atoms with Crippen molar-refractivity contribution in [1.29, 1.82) is 0 Å². The van der Waals surface area contributed by atoms with Gasteiger partial charge in [0.1, 0.15) is 66.3 Å². The molecule has 5 amide bonds. The predicted molar refractivity (Wildman–Crippen MR) is 264 cm³/mol. The number of likely N-dealkylation sites (N-methyl/N-ethyl adjacent to an activating group) is 1. The average Bonchev–Trinajstić information content (AvgIpc) is 3.34. The van der Waals surface area contributed by atoms with Crippen LogP contribution in [0.25, 0.3) is 0 Å². The maximum Gasteiger partial charge on any atom is 0.410 e. The molecule has 2 heterocycles. The Morgan fingerprint density at radius 2 is 1.27 bits per heavy atom. The van der Waals surface area contributed by atoms with Gasteiger partial charge in [0.15, 0.2) is 6.29 Å². The lowest BCUT2D eigenvalue weighted by molar-refractivity contribution is -0.385. The van der Waals surface area contributed by atoms with Crippen LogP contribution < -0.4 is 27.0 Å². The number of amides is 5. The largest absolute Gasteiger partial charge is 0.466 e. The number of hydrogen-bond acceptors (Lipinski definition) is 22. The highest BCUT2D eigenvalue weighted by Crippen LogP contribution is 2.35. The monoisotopic (exact) mass is 1090 g/mol. The van der Waals surface area contributed by atoms with Crippen LogP contribution in [0.2, 0.25) is 0 Å². The van der Waals surface area contributed by atoms with Gasteiger partial charge in [0.2, 0.25) is 6.29 Å². The molecule has 12 atom stereocenters. The molecular formula is C48H68N8O21. The van der Waals surface area contributed by atoms with Crippen molar-refractivity contribution in [3.63, 3.8) is 0 Å². The van der Waals surface area contributed by atoms with Gasteiger partial charge in [0, 0.05) is 31.3 Å². The number of aliphatic hydroxyl groups is 4. The van der Waals surface area contributed by atoms with Gasteiger partial charge in [-0.05, 0) is 103 Å². The highest BCUT2D eigenvalue weighted by molar-refractivity contribution is 5.82. The smallest absolute Gasteiger partial charge is 0.410 e. The lowest BCUT2D eigenvalue weighted by atomic mass is 9.82. The van der Waals surface area contributed by atoms with Gasteiger partial charge >= 0.3 is 24.4 Å². The van der Waals surface area contributed by atoms with E-state index in [1.807, 2.05) is 0 Å². The number of carbonyl (C=O) groups is 5. The molecule has 2 aromatic carbocycles. The van der Waals surface area contributed by atoms with E-state index in [1.165, 1.54) is 62.5 Å². The van der Waals surface area contributed by atoms with Gasteiger partial charge in [0.25, 0.3) is 17.3 Å². The molecular weight excluding hydrogens is 1020 g/mol. The van der Waals surface area contributed by atoms with Crippen molar-refractivity contribution in [3.8, 4) is 0 Å². The van der Waals surface area contributed by atoms with Crippen LogP contribution in [0.1, 0.15) is 72.4 Å². The third-order valence-corrected chi connectivity index (χ3v) is 11.9. The Morgan fingerprint density at radius 3 is 1.77 bits per heavy atom. The maximum atomic E-state index is 13.8. The number of nitrogens with zero attached hydrogens (tertiary/aromatic N) is 3. The van der Waals surface area contributed by atoms with Crippen molar-refractivity contribution in [3.05, 3.63) is 91.7 Å². The Kier molecular flexibility index (Phi) is 20.5. The standard InChI is InChI=1S/C48H68N8O21/c1-46(2,3)76-42(61)50-21-33(57)39(60)51-31-19-32(53-44(63)71-23-26-11-15-28(16-12-26)56(68)69)37(34(58)36(31)75-41-35(59)38(48(7,65)24-72-41)54(8)45(64)77-47(4,5)6)74-40-30(18-17-29(20-49)73-40)52-43(62)70-22-25-9-13-27(14-10-25)55(66)67/h9-17,30-38,40-41,57-59,65H,18-24,49H2,1-8H3,(H,50,61)(H,51,60)(H,52,62)(H,53,63)/t30-,31-,32+,33+,34-,35-,36+,37-,38-,40-,41-,48+/m1/s1. The normalized spacial score (nSPS) is 26.7. The predicted octanol–water partition coefficient (Wildman–Crippen LogP) is 1.59. The van der Waals surface area contributed by atoms with Crippen LogP contribution in [-0.4, -0.2) is 176 Å². The number of nitrogens with two attached hydrogens (primary N) is 1. The quantitative estimate of drug-likeness (QED) is 0.0581. The second-order valence-electron chi connectivity index (χ2n) is 20.6. The second kappa shape index (κ2) is 25.9. The maximum absolute atomic E-state index is 13.8. The Bertz CT molecular complexity index is 2430. The second-order valence-corrected chi connectivity index (χ2v) is 20.6. The molecule has 1 saturated carbocycles. The van der Waals surface area contributed by atoms with Gasteiger partial charge in [0.05, 0.1) is 53.7 Å². The number of nitro groups is 2. The number of aliphatic hydroxyl groups excluding tert-OH is 3. The molecule has 77 heavy (non-hydrogen) atoms. The summed E-state index contributed by atoms with van der Waals surface area (Å²) in [6.45, 7) is 8.70. The summed E-state index contributed by atoms with van der Waals surface area (Å²) in [5, 5.41) is 79.4. The van der Waals surface area contributed by atoms with Crippen LogP contribution in [0.15, 0.2) is 60.4 Å². The van der Waals surface area contributed by atoms with Crippen LogP contribution in [0.3, 0.4) is 0 Å². The van der Waals surface area contributed by atoms with Gasteiger partial charge in [-0.3, -0.25) is 25.0 Å². The van der Waals surface area contributed by atoms with Gasteiger partial charge in [-0.2, -0.15) is 0 Å². The molecule has 29 heteroatoms. The van der Waals surface area contributed by atoms with Crippen molar-refractivity contribution < 1.29 is 92.1 Å².